The average molecular weight is 446 g/mol. The number of nitrogens with zero attached hydrogens (tertiary/aromatic N) is 4. The summed E-state index contributed by atoms with van der Waals surface area (Å²) in [5, 5.41) is 15.2. The molecule has 4 aromatic rings. The number of carbonyl (C=O) groups is 1. The summed E-state index contributed by atoms with van der Waals surface area (Å²) >= 11 is 1.31. The molecule has 4 rings (SSSR count). The van der Waals surface area contributed by atoms with E-state index in [0.29, 0.717) is 23.1 Å². The average Bonchev–Trinajstić information content (AvgIpc) is 3.25. The summed E-state index contributed by atoms with van der Waals surface area (Å²) in [7, 11) is 1.58. The van der Waals surface area contributed by atoms with Gasteiger partial charge in [-0.15, -0.1) is 5.10 Å². The van der Waals surface area contributed by atoms with Crippen LogP contribution in [-0.4, -0.2) is 33.2 Å². The van der Waals surface area contributed by atoms with E-state index < -0.39 is 5.25 Å². The number of nitrogens with one attached hydrogen (secondary N) is 1. The molecule has 1 aromatic heterocycles. The smallest absolute Gasteiger partial charge is 0.242 e. The first-order chi connectivity index (χ1) is 15.6. The molecule has 1 N–H and O–H groups in total. The number of tetrazole rings is 1. The predicted molar refractivity (Wildman–Crippen MR) is 125 cm³/mol. The van der Waals surface area contributed by atoms with Crippen molar-refractivity contribution in [3.05, 3.63) is 95.6 Å². The van der Waals surface area contributed by atoms with Gasteiger partial charge in [-0.1, -0.05) is 78.5 Å². The van der Waals surface area contributed by atoms with Gasteiger partial charge in [-0.25, -0.2) is 4.68 Å². The van der Waals surface area contributed by atoms with Crippen LogP contribution in [0.3, 0.4) is 0 Å². The van der Waals surface area contributed by atoms with E-state index in [1.165, 1.54) is 11.8 Å². The Morgan fingerprint density at radius 3 is 2.50 bits per heavy atom. The molecule has 1 atom stereocenters. The van der Waals surface area contributed by atoms with Crippen molar-refractivity contribution in [2.24, 2.45) is 0 Å². The van der Waals surface area contributed by atoms with Crippen LogP contribution in [0.2, 0.25) is 0 Å². The lowest BCUT2D eigenvalue weighted by Crippen LogP contribution is -2.20. The zero-order valence-corrected chi connectivity index (χ0v) is 18.6. The van der Waals surface area contributed by atoms with Gasteiger partial charge in [0.2, 0.25) is 11.1 Å². The Morgan fingerprint density at radius 1 is 1.06 bits per heavy atom. The molecule has 162 valence electrons. The molecule has 0 spiro atoms. The normalized spacial score (nSPS) is 11.7. The van der Waals surface area contributed by atoms with Crippen LogP contribution in [0.5, 0.6) is 5.75 Å². The lowest BCUT2D eigenvalue weighted by atomic mass is 10.1. The number of amides is 1. The third-order valence-corrected chi connectivity index (χ3v) is 6.08. The highest BCUT2D eigenvalue weighted by Crippen LogP contribution is 2.36. The Labute approximate surface area is 190 Å². The second-order valence-corrected chi connectivity index (χ2v) is 8.28. The molecule has 1 heterocycles. The van der Waals surface area contributed by atoms with E-state index in [9.17, 15) is 4.79 Å². The largest absolute Gasteiger partial charge is 0.495 e. The van der Waals surface area contributed by atoms with Gasteiger partial charge in [0, 0.05) is 0 Å². The number of aromatic nitrogens is 4. The lowest BCUT2D eigenvalue weighted by Gasteiger charge is -2.18. The van der Waals surface area contributed by atoms with Crippen molar-refractivity contribution in [1.82, 2.24) is 20.2 Å². The van der Waals surface area contributed by atoms with E-state index in [1.807, 2.05) is 85.8 Å². The summed E-state index contributed by atoms with van der Waals surface area (Å²) < 4.78 is 7.12. The summed E-state index contributed by atoms with van der Waals surface area (Å²) in [5.74, 6) is 0.425. The van der Waals surface area contributed by atoms with Gasteiger partial charge in [0.1, 0.15) is 11.0 Å². The van der Waals surface area contributed by atoms with E-state index in [2.05, 4.69) is 20.8 Å². The quantitative estimate of drug-likeness (QED) is 0.402. The maximum absolute atomic E-state index is 13.4. The van der Waals surface area contributed by atoms with Crippen LogP contribution in [0.1, 0.15) is 21.9 Å². The Kier molecular flexibility index (Phi) is 6.81. The Morgan fingerprint density at radius 2 is 1.78 bits per heavy atom. The first-order valence-electron chi connectivity index (χ1n) is 10.1. The summed E-state index contributed by atoms with van der Waals surface area (Å²) in [5.41, 5.74) is 3.59. The number of anilines is 1. The fourth-order valence-corrected chi connectivity index (χ4v) is 4.24. The van der Waals surface area contributed by atoms with Crippen LogP contribution in [0.15, 0.2) is 84.0 Å². The van der Waals surface area contributed by atoms with Gasteiger partial charge in [0.25, 0.3) is 0 Å². The van der Waals surface area contributed by atoms with Gasteiger partial charge < -0.3 is 10.1 Å². The molecule has 0 fully saturated rings. The highest BCUT2D eigenvalue weighted by Gasteiger charge is 2.26. The van der Waals surface area contributed by atoms with E-state index >= 15 is 0 Å². The minimum atomic E-state index is -0.554. The molecule has 0 aliphatic rings. The SMILES string of the molecule is COc1ccc(C)cc1NC(=O)C(Sc1nnnn1Cc1ccccc1)c1ccccc1. The molecule has 0 bridgehead atoms. The first kappa shape index (κ1) is 21.6. The van der Waals surface area contributed by atoms with Crippen molar-refractivity contribution in [3.63, 3.8) is 0 Å². The van der Waals surface area contributed by atoms with Gasteiger partial charge in [-0.2, -0.15) is 0 Å². The molecule has 1 amide bonds. The molecule has 7 nitrogen and oxygen atoms in total. The second-order valence-electron chi connectivity index (χ2n) is 7.21. The third kappa shape index (κ3) is 5.15. The maximum Gasteiger partial charge on any atom is 0.242 e. The Bertz CT molecular complexity index is 1180. The number of thioether (sulfide) groups is 1. The van der Waals surface area contributed by atoms with Gasteiger partial charge in [-0.3, -0.25) is 4.79 Å². The number of rotatable bonds is 8. The summed E-state index contributed by atoms with van der Waals surface area (Å²) in [6, 6.07) is 25.2. The summed E-state index contributed by atoms with van der Waals surface area (Å²) in [6.07, 6.45) is 0. The van der Waals surface area contributed by atoms with Crippen LogP contribution >= 0.6 is 11.8 Å². The van der Waals surface area contributed by atoms with E-state index in [-0.39, 0.29) is 5.91 Å². The molecule has 0 saturated heterocycles. The highest BCUT2D eigenvalue weighted by molar-refractivity contribution is 8.00. The van der Waals surface area contributed by atoms with Crippen LogP contribution in [-0.2, 0) is 11.3 Å². The van der Waals surface area contributed by atoms with Crippen LogP contribution in [0.25, 0.3) is 0 Å². The second kappa shape index (κ2) is 10.1. The third-order valence-electron chi connectivity index (χ3n) is 4.85. The Hall–Kier alpha value is -3.65. The van der Waals surface area contributed by atoms with Crippen molar-refractivity contribution < 1.29 is 9.53 Å². The fourth-order valence-electron chi connectivity index (χ4n) is 3.26. The maximum atomic E-state index is 13.4. The molecule has 0 radical (unpaired) electrons. The number of aryl methyl sites for hydroxylation is 1. The van der Waals surface area contributed by atoms with E-state index in [1.54, 1.807) is 11.8 Å². The number of hydrogen-bond donors (Lipinski definition) is 1. The lowest BCUT2D eigenvalue weighted by molar-refractivity contribution is -0.115. The van der Waals surface area contributed by atoms with Crippen molar-refractivity contribution in [3.8, 4) is 5.75 Å². The zero-order valence-electron chi connectivity index (χ0n) is 17.8. The number of ether oxygens (including phenoxy) is 1. The molecule has 3 aromatic carbocycles. The van der Waals surface area contributed by atoms with Crippen LogP contribution in [0, 0.1) is 6.92 Å². The monoisotopic (exact) mass is 445 g/mol. The van der Waals surface area contributed by atoms with Crippen LogP contribution in [0.4, 0.5) is 5.69 Å². The molecular weight excluding hydrogens is 422 g/mol. The van der Waals surface area contributed by atoms with E-state index in [4.69, 9.17) is 4.74 Å². The number of methoxy groups -OCH3 is 1. The van der Waals surface area contributed by atoms with Crippen molar-refractivity contribution in [2.45, 2.75) is 23.9 Å². The molecular formula is C24H23N5O2S. The van der Waals surface area contributed by atoms with Gasteiger partial charge >= 0.3 is 0 Å². The molecule has 8 heteroatoms. The summed E-state index contributed by atoms with van der Waals surface area (Å²) in [6.45, 7) is 2.49. The summed E-state index contributed by atoms with van der Waals surface area (Å²) in [4.78, 5) is 13.4. The topological polar surface area (TPSA) is 81.9 Å². The fraction of sp³-hybridized carbons (Fsp3) is 0.167. The minimum absolute atomic E-state index is 0.181. The predicted octanol–water partition coefficient (Wildman–Crippen LogP) is 4.51. The van der Waals surface area contributed by atoms with Gasteiger partial charge in [0.15, 0.2) is 0 Å². The first-order valence-corrected chi connectivity index (χ1v) is 11.0. The van der Waals surface area contributed by atoms with Gasteiger partial charge in [-0.05, 0) is 46.2 Å². The Balaban J connectivity index is 1.61. The number of carbonyl (C=O) groups excluding carboxylic acids is 1. The van der Waals surface area contributed by atoms with Crippen molar-refractivity contribution in [2.75, 3.05) is 12.4 Å². The highest BCUT2D eigenvalue weighted by atomic mass is 32.2. The molecule has 1 unspecified atom stereocenters. The number of hydrogen-bond acceptors (Lipinski definition) is 6. The standard InChI is InChI=1S/C24H23N5O2S/c1-17-13-14-21(31-2)20(15-17)25-23(30)22(19-11-7-4-8-12-19)32-24-26-27-28-29(24)16-18-9-5-3-6-10-18/h3-15,22H,16H2,1-2H3,(H,25,30). The number of benzene rings is 3. The molecule has 0 aliphatic carbocycles. The van der Waals surface area contributed by atoms with Crippen LogP contribution < -0.4 is 10.1 Å². The van der Waals surface area contributed by atoms with Crippen molar-refractivity contribution >= 4 is 23.4 Å². The zero-order chi connectivity index (χ0) is 22.3. The van der Waals surface area contributed by atoms with E-state index in [0.717, 1.165) is 16.7 Å². The van der Waals surface area contributed by atoms with Gasteiger partial charge in [0.05, 0.1) is 19.3 Å². The molecule has 32 heavy (non-hydrogen) atoms. The van der Waals surface area contributed by atoms with Crippen molar-refractivity contribution in [1.29, 1.82) is 0 Å². The molecule has 0 saturated carbocycles. The molecule has 0 aliphatic heterocycles. The minimum Gasteiger partial charge on any atom is -0.495 e.